The second-order valence-electron chi connectivity index (χ2n) is 10.2. The fraction of sp³-hybridized carbons (Fsp3) is 0.452. The van der Waals surface area contributed by atoms with Gasteiger partial charge in [0.2, 0.25) is 11.8 Å². The number of thioether (sulfide) groups is 1. The third-order valence-electron chi connectivity index (χ3n) is 7.24. The quantitative estimate of drug-likeness (QED) is 0.399. The lowest BCUT2D eigenvalue weighted by Gasteiger charge is -2.36. The van der Waals surface area contributed by atoms with Crippen LogP contribution in [0.25, 0.3) is 0 Å². The average Bonchev–Trinajstić information content (AvgIpc) is 2.97. The largest absolute Gasteiger partial charge is 0.463 e. The van der Waals surface area contributed by atoms with Crippen LogP contribution < -0.4 is 5.32 Å². The van der Waals surface area contributed by atoms with Gasteiger partial charge in [-0.2, -0.15) is 11.8 Å². The molecule has 0 saturated carbocycles. The zero-order chi connectivity index (χ0) is 27.5. The number of aliphatic hydroxyl groups excluding tert-OH is 1. The number of hydrogen-bond acceptors (Lipinski definition) is 6. The summed E-state index contributed by atoms with van der Waals surface area (Å²) in [5, 5.41) is 13.1. The van der Waals surface area contributed by atoms with E-state index in [0.717, 1.165) is 16.9 Å². The van der Waals surface area contributed by atoms with Crippen LogP contribution in [0.3, 0.4) is 0 Å². The number of carbonyl (C=O) groups excluding carboxylic acids is 3. The summed E-state index contributed by atoms with van der Waals surface area (Å²) >= 11 is 1.67. The maximum Gasteiger partial charge on any atom is 0.305 e. The topological polar surface area (TPSA) is 95.9 Å². The molecule has 2 N–H and O–H groups in total. The maximum atomic E-state index is 13.5. The summed E-state index contributed by atoms with van der Waals surface area (Å²) in [5.41, 5.74) is 3.41. The Kier molecular flexibility index (Phi) is 11.0. The van der Waals surface area contributed by atoms with Crippen LogP contribution in [-0.4, -0.2) is 58.8 Å². The molecule has 0 saturated heterocycles. The van der Waals surface area contributed by atoms with E-state index >= 15 is 0 Å². The van der Waals surface area contributed by atoms with E-state index in [0.29, 0.717) is 44.4 Å². The number of esters is 1. The first-order valence-corrected chi connectivity index (χ1v) is 14.9. The lowest BCUT2D eigenvalue weighted by atomic mass is 9.92. The normalized spacial score (nSPS) is 22.5. The number of cyclic esters (lactones) is 1. The zero-order valence-electron chi connectivity index (χ0n) is 22.3. The third kappa shape index (κ3) is 8.70. The van der Waals surface area contributed by atoms with Crippen molar-refractivity contribution in [2.75, 3.05) is 19.0 Å². The third-order valence-corrected chi connectivity index (χ3v) is 8.42. The Morgan fingerprint density at radius 2 is 1.82 bits per heavy atom. The van der Waals surface area contributed by atoms with Crippen LogP contribution in [-0.2, 0) is 37.8 Å². The molecule has 2 aromatic rings. The van der Waals surface area contributed by atoms with Crippen molar-refractivity contribution < 1.29 is 24.2 Å². The monoisotopic (exact) mass is 550 g/mol. The number of carbonyl (C=O) groups is 3. The fourth-order valence-corrected chi connectivity index (χ4v) is 6.02. The number of nitrogens with zero attached hydrogens (tertiary/aromatic N) is 1. The molecule has 2 heterocycles. The molecule has 2 aromatic carbocycles. The molecule has 0 aliphatic carbocycles. The van der Waals surface area contributed by atoms with Crippen LogP contribution in [0.4, 0.5) is 0 Å². The van der Waals surface area contributed by atoms with E-state index in [4.69, 9.17) is 4.74 Å². The van der Waals surface area contributed by atoms with Gasteiger partial charge in [0.15, 0.2) is 0 Å². The smallest absolute Gasteiger partial charge is 0.305 e. The summed E-state index contributed by atoms with van der Waals surface area (Å²) in [6, 6.07) is 17.4. The molecule has 4 rings (SSSR count). The summed E-state index contributed by atoms with van der Waals surface area (Å²) < 4.78 is 5.50. The van der Waals surface area contributed by atoms with E-state index in [1.165, 1.54) is 5.56 Å². The van der Waals surface area contributed by atoms with Crippen LogP contribution in [0.15, 0.2) is 66.7 Å². The molecule has 7 nitrogen and oxygen atoms in total. The molecular weight excluding hydrogens is 512 g/mol. The van der Waals surface area contributed by atoms with Gasteiger partial charge in [0.25, 0.3) is 0 Å². The minimum atomic E-state index is -0.552. The van der Waals surface area contributed by atoms with Crippen LogP contribution in [0.1, 0.15) is 48.8 Å². The number of fused-ring (bicyclic) bond motifs is 1. The summed E-state index contributed by atoms with van der Waals surface area (Å²) in [6.07, 6.45) is 6.72. The van der Waals surface area contributed by atoms with E-state index in [-0.39, 0.29) is 49.5 Å². The molecule has 2 aliphatic rings. The second-order valence-corrected chi connectivity index (χ2v) is 11.3. The highest BCUT2D eigenvalue weighted by Crippen LogP contribution is 2.25. The van der Waals surface area contributed by atoms with Crippen molar-refractivity contribution >= 4 is 29.5 Å². The molecule has 0 radical (unpaired) electrons. The highest BCUT2D eigenvalue weighted by molar-refractivity contribution is 7.98. The molecule has 0 aromatic heterocycles. The molecule has 208 valence electrons. The highest BCUT2D eigenvalue weighted by atomic mass is 32.2. The highest BCUT2D eigenvalue weighted by Gasteiger charge is 2.32. The van der Waals surface area contributed by atoms with Crippen molar-refractivity contribution in [3.8, 4) is 0 Å². The average molecular weight is 551 g/mol. The van der Waals surface area contributed by atoms with Crippen molar-refractivity contribution in [2.45, 2.75) is 62.9 Å². The lowest BCUT2D eigenvalue weighted by molar-refractivity contribution is -0.145. The number of amides is 2. The number of rotatable bonds is 7. The van der Waals surface area contributed by atoms with Gasteiger partial charge in [-0.25, -0.2) is 0 Å². The summed E-state index contributed by atoms with van der Waals surface area (Å²) in [7, 11) is 0. The first kappa shape index (κ1) is 28.9. The molecule has 3 atom stereocenters. The lowest BCUT2D eigenvalue weighted by Crippen LogP contribution is -2.48. The van der Waals surface area contributed by atoms with Crippen LogP contribution in [0.2, 0.25) is 0 Å². The van der Waals surface area contributed by atoms with Gasteiger partial charge in [-0.1, -0.05) is 66.7 Å². The predicted octanol–water partition coefficient (Wildman–Crippen LogP) is 4.03. The van der Waals surface area contributed by atoms with Gasteiger partial charge in [0, 0.05) is 30.9 Å². The molecule has 0 bridgehead atoms. The Balaban J connectivity index is 1.44. The van der Waals surface area contributed by atoms with Crippen LogP contribution >= 0.6 is 11.8 Å². The Labute approximate surface area is 235 Å². The van der Waals surface area contributed by atoms with Crippen molar-refractivity contribution in [1.29, 1.82) is 0 Å². The summed E-state index contributed by atoms with van der Waals surface area (Å²) in [5.74, 6) is 0.199. The Bertz CT molecular complexity index is 1140. The number of aliphatic hydroxyl groups is 1. The number of nitrogens with one attached hydrogen (secondary N) is 1. The van der Waals surface area contributed by atoms with Gasteiger partial charge in [-0.15, -0.1) is 0 Å². The summed E-state index contributed by atoms with van der Waals surface area (Å²) in [4.78, 5) is 40.9. The van der Waals surface area contributed by atoms with Gasteiger partial charge >= 0.3 is 5.97 Å². The molecule has 0 unspecified atom stereocenters. The first-order chi connectivity index (χ1) is 19.0. The number of ether oxygens (including phenoxy) is 1. The minimum absolute atomic E-state index is 0.0541. The number of benzene rings is 2. The Morgan fingerprint density at radius 3 is 2.62 bits per heavy atom. The van der Waals surface area contributed by atoms with Gasteiger partial charge in [-0.05, 0) is 42.4 Å². The zero-order valence-corrected chi connectivity index (χ0v) is 23.1. The van der Waals surface area contributed by atoms with E-state index in [1.807, 2.05) is 54.6 Å². The first-order valence-electron chi connectivity index (χ1n) is 13.7. The predicted molar refractivity (Wildman–Crippen MR) is 153 cm³/mol. The van der Waals surface area contributed by atoms with Gasteiger partial charge in [0.1, 0.15) is 6.61 Å². The van der Waals surface area contributed by atoms with Gasteiger partial charge in [-0.3, -0.25) is 14.4 Å². The maximum absolute atomic E-state index is 13.5. The van der Waals surface area contributed by atoms with Crippen molar-refractivity contribution in [3.63, 3.8) is 0 Å². The molecule has 2 amide bonds. The minimum Gasteiger partial charge on any atom is -0.463 e. The molecule has 0 spiro atoms. The van der Waals surface area contributed by atoms with Crippen molar-refractivity contribution in [3.05, 3.63) is 83.4 Å². The van der Waals surface area contributed by atoms with Gasteiger partial charge in [0.05, 0.1) is 24.6 Å². The Hall–Kier alpha value is -3.10. The van der Waals surface area contributed by atoms with E-state index < -0.39 is 5.92 Å². The van der Waals surface area contributed by atoms with E-state index in [9.17, 15) is 19.5 Å². The van der Waals surface area contributed by atoms with Gasteiger partial charge < -0.3 is 20.1 Å². The van der Waals surface area contributed by atoms with Crippen LogP contribution in [0.5, 0.6) is 0 Å². The molecule has 2 aliphatic heterocycles. The standard InChI is InChI=1S/C31H38N2O5S/c34-19-28-16-24-12-8-9-14-26(24)18-33(28)29(35)17-25-13-6-1-2-7-15-30(36)38-20-27(32-31(25)37)22-39-21-23-10-4-3-5-11-23/h1,3-6,8-12,14,25,27-28,34H,2,7,13,15-22H2,(H,32,37)/t25-,27-,28+/m1/s1. The van der Waals surface area contributed by atoms with Crippen molar-refractivity contribution in [1.82, 2.24) is 10.2 Å². The number of hydrogen-bond donors (Lipinski definition) is 2. The van der Waals surface area contributed by atoms with E-state index in [1.54, 1.807) is 16.7 Å². The fourth-order valence-electron chi connectivity index (χ4n) is 5.01. The van der Waals surface area contributed by atoms with Crippen molar-refractivity contribution in [2.24, 2.45) is 5.92 Å². The summed E-state index contributed by atoms with van der Waals surface area (Å²) in [6.45, 7) is 0.415. The molecule has 0 fully saturated rings. The molecule has 39 heavy (non-hydrogen) atoms. The Morgan fingerprint density at radius 1 is 1.05 bits per heavy atom. The van der Waals surface area contributed by atoms with E-state index in [2.05, 4.69) is 17.4 Å². The number of allylic oxidation sites excluding steroid dienone is 2. The molecule has 8 heteroatoms. The van der Waals surface area contributed by atoms with Crippen LogP contribution in [0, 0.1) is 5.92 Å². The SMILES string of the molecule is O=C1CCCC=CC[C@H](CC(=O)N2Cc3ccccc3C[C@H]2CO)C(=O)N[C@@H](CSCc2ccccc2)CO1. The second kappa shape index (κ2) is 14.9. The molecular formula is C31H38N2O5S.